The molecule has 0 amide bonds. The fourth-order valence-corrected chi connectivity index (χ4v) is 5.57. The Hall–Kier alpha value is -0.160. The maximum absolute atomic E-state index is 6.44. The quantitative estimate of drug-likeness (QED) is 0.760. The van der Waals surface area contributed by atoms with E-state index in [2.05, 4.69) is 28.7 Å². The largest absolute Gasteiger partial charge is 0.375 e. The maximum Gasteiger partial charge on any atom is 0.0603 e. The van der Waals surface area contributed by atoms with Gasteiger partial charge in [-0.2, -0.15) is 0 Å². The van der Waals surface area contributed by atoms with Crippen molar-refractivity contribution in [2.45, 2.75) is 76.0 Å². The Morgan fingerprint density at radius 2 is 1.56 bits per heavy atom. The number of hydrogen-bond acceptors (Lipinski definition) is 4. The molecule has 0 aromatic carbocycles. The molecular weight excluding hydrogens is 310 g/mol. The van der Waals surface area contributed by atoms with Crippen molar-refractivity contribution >= 4 is 0 Å². The van der Waals surface area contributed by atoms with Crippen LogP contribution in [0.1, 0.15) is 58.3 Å². The summed E-state index contributed by atoms with van der Waals surface area (Å²) in [6.45, 7) is 11.3. The van der Waals surface area contributed by atoms with E-state index in [1.807, 2.05) is 0 Å². The van der Waals surface area contributed by atoms with E-state index in [0.717, 1.165) is 5.92 Å². The van der Waals surface area contributed by atoms with E-state index in [1.165, 1.54) is 97.2 Å². The molecule has 144 valence electrons. The number of piperazine rings is 1. The lowest BCUT2D eigenvalue weighted by Crippen LogP contribution is -2.55. The van der Waals surface area contributed by atoms with Gasteiger partial charge in [0.05, 0.1) is 12.2 Å². The van der Waals surface area contributed by atoms with Crippen LogP contribution in [0, 0.1) is 5.92 Å². The van der Waals surface area contributed by atoms with E-state index in [0.29, 0.717) is 17.7 Å². The molecule has 4 aliphatic rings. The Kier molecular flexibility index (Phi) is 5.71. The van der Waals surface area contributed by atoms with Gasteiger partial charge >= 0.3 is 0 Å². The lowest BCUT2D eigenvalue weighted by atomic mass is 9.86. The molecule has 2 aliphatic heterocycles. The lowest BCUT2D eigenvalue weighted by molar-refractivity contribution is -0.0610. The Bertz CT molecular complexity index is 423. The van der Waals surface area contributed by atoms with E-state index in [4.69, 9.17) is 4.74 Å². The van der Waals surface area contributed by atoms with Gasteiger partial charge in [0.2, 0.25) is 0 Å². The van der Waals surface area contributed by atoms with Crippen molar-refractivity contribution in [1.29, 1.82) is 0 Å². The first-order valence-electron chi connectivity index (χ1n) is 11.0. The summed E-state index contributed by atoms with van der Waals surface area (Å²) in [5, 5.41) is 0. The summed E-state index contributed by atoms with van der Waals surface area (Å²) in [7, 11) is 2.23. The number of likely N-dealkylation sites (N-methyl/N-ethyl adjacent to an activating group) is 1. The average molecular weight is 350 g/mol. The third kappa shape index (κ3) is 4.40. The van der Waals surface area contributed by atoms with Gasteiger partial charge in [-0.25, -0.2) is 0 Å². The smallest absolute Gasteiger partial charge is 0.0603 e. The number of ether oxygens (including phenoxy) is 1. The van der Waals surface area contributed by atoms with Crippen LogP contribution in [0.4, 0.5) is 0 Å². The number of hydrogen-bond donors (Lipinski definition) is 0. The minimum Gasteiger partial charge on any atom is -0.375 e. The molecule has 0 unspecified atom stereocenters. The SMILES string of the molecule is CCN1CCN(CC2CCC(OC3CCN(C)CC3)CC2)CC12CC2. The van der Waals surface area contributed by atoms with Crippen molar-refractivity contribution in [3.8, 4) is 0 Å². The molecule has 1 spiro atoms. The molecular formula is C21H39N3O. The molecule has 4 rings (SSSR count). The Labute approximate surface area is 154 Å². The first-order chi connectivity index (χ1) is 12.2. The predicted molar refractivity (Wildman–Crippen MR) is 103 cm³/mol. The monoisotopic (exact) mass is 349 g/mol. The fraction of sp³-hybridized carbons (Fsp3) is 1.00. The summed E-state index contributed by atoms with van der Waals surface area (Å²) in [5.74, 6) is 0.918. The van der Waals surface area contributed by atoms with E-state index in [9.17, 15) is 0 Å². The second kappa shape index (κ2) is 7.84. The summed E-state index contributed by atoms with van der Waals surface area (Å²) in [5.41, 5.74) is 0.585. The molecule has 4 nitrogen and oxygen atoms in total. The van der Waals surface area contributed by atoms with Crippen molar-refractivity contribution in [2.75, 3.05) is 52.9 Å². The third-order valence-corrected chi connectivity index (χ3v) is 7.44. The van der Waals surface area contributed by atoms with Gasteiger partial charge in [-0.05, 0) is 70.9 Å². The van der Waals surface area contributed by atoms with Crippen molar-refractivity contribution < 1.29 is 4.74 Å². The molecule has 0 atom stereocenters. The second-order valence-corrected chi connectivity index (χ2v) is 9.32. The zero-order chi connectivity index (χ0) is 17.3. The highest BCUT2D eigenvalue weighted by molar-refractivity contribution is 5.08. The normalized spacial score (nSPS) is 35.3. The van der Waals surface area contributed by atoms with Crippen LogP contribution in [0.25, 0.3) is 0 Å². The molecule has 2 saturated heterocycles. The summed E-state index contributed by atoms with van der Waals surface area (Å²) in [4.78, 5) is 7.97. The fourth-order valence-electron chi connectivity index (χ4n) is 5.57. The highest BCUT2D eigenvalue weighted by Gasteiger charge is 2.50. The first-order valence-corrected chi connectivity index (χ1v) is 11.0. The highest BCUT2D eigenvalue weighted by atomic mass is 16.5. The summed E-state index contributed by atoms with van der Waals surface area (Å²) < 4.78 is 6.44. The Balaban J connectivity index is 1.17. The molecule has 0 aromatic rings. The molecule has 2 aliphatic carbocycles. The van der Waals surface area contributed by atoms with Crippen LogP contribution in [0.5, 0.6) is 0 Å². The molecule has 0 aromatic heterocycles. The zero-order valence-corrected chi connectivity index (χ0v) is 16.6. The standard InChI is InChI=1S/C21H39N3O/c1-3-24-15-14-23(17-21(24)10-11-21)16-18-4-6-19(7-5-18)25-20-8-12-22(2)13-9-20/h18-20H,3-17H2,1-2H3. The minimum atomic E-state index is 0.537. The molecule has 0 bridgehead atoms. The molecule has 4 heteroatoms. The van der Waals surface area contributed by atoms with Crippen LogP contribution in [0.2, 0.25) is 0 Å². The van der Waals surface area contributed by atoms with Crippen LogP contribution in [-0.2, 0) is 4.74 Å². The lowest BCUT2D eigenvalue weighted by Gasteiger charge is -2.43. The van der Waals surface area contributed by atoms with Crippen LogP contribution in [-0.4, -0.2) is 85.3 Å². The molecule has 2 saturated carbocycles. The highest BCUT2D eigenvalue weighted by Crippen LogP contribution is 2.44. The van der Waals surface area contributed by atoms with E-state index < -0.39 is 0 Å². The van der Waals surface area contributed by atoms with Crippen molar-refractivity contribution in [2.24, 2.45) is 5.92 Å². The predicted octanol–water partition coefficient (Wildman–Crippen LogP) is 2.83. The Morgan fingerprint density at radius 1 is 0.880 bits per heavy atom. The van der Waals surface area contributed by atoms with Crippen molar-refractivity contribution in [3.05, 3.63) is 0 Å². The molecule has 25 heavy (non-hydrogen) atoms. The zero-order valence-electron chi connectivity index (χ0n) is 16.6. The van der Waals surface area contributed by atoms with Crippen molar-refractivity contribution in [1.82, 2.24) is 14.7 Å². The molecule has 2 heterocycles. The average Bonchev–Trinajstić information content (AvgIpc) is 3.38. The van der Waals surface area contributed by atoms with E-state index in [1.54, 1.807) is 0 Å². The van der Waals surface area contributed by atoms with Gasteiger partial charge in [0.15, 0.2) is 0 Å². The number of likely N-dealkylation sites (tertiary alicyclic amines) is 1. The maximum atomic E-state index is 6.44. The summed E-state index contributed by atoms with van der Waals surface area (Å²) in [6.07, 6.45) is 11.8. The molecule has 0 radical (unpaired) electrons. The van der Waals surface area contributed by atoms with Gasteiger partial charge in [0, 0.05) is 44.8 Å². The topological polar surface area (TPSA) is 19.0 Å². The van der Waals surface area contributed by atoms with Crippen LogP contribution >= 0.6 is 0 Å². The van der Waals surface area contributed by atoms with E-state index >= 15 is 0 Å². The van der Waals surface area contributed by atoms with E-state index in [-0.39, 0.29) is 0 Å². The van der Waals surface area contributed by atoms with Crippen LogP contribution in [0.3, 0.4) is 0 Å². The minimum absolute atomic E-state index is 0.537. The molecule has 4 fully saturated rings. The number of piperidine rings is 1. The number of nitrogens with zero attached hydrogens (tertiary/aromatic N) is 3. The van der Waals surface area contributed by atoms with Gasteiger partial charge in [-0.1, -0.05) is 6.92 Å². The Morgan fingerprint density at radius 3 is 2.20 bits per heavy atom. The summed E-state index contributed by atoms with van der Waals surface area (Å²) >= 11 is 0. The third-order valence-electron chi connectivity index (χ3n) is 7.44. The van der Waals surface area contributed by atoms with Gasteiger partial charge < -0.3 is 9.64 Å². The van der Waals surface area contributed by atoms with Gasteiger partial charge in [0.25, 0.3) is 0 Å². The number of rotatable bonds is 5. The molecule has 0 N–H and O–H groups in total. The van der Waals surface area contributed by atoms with Gasteiger partial charge in [0.1, 0.15) is 0 Å². The van der Waals surface area contributed by atoms with Gasteiger partial charge in [-0.15, -0.1) is 0 Å². The van der Waals surface area contributed by atoms with Crippen molar-refractivity contribution in [3.63, 3.8) is 0 Å². The summed E-state index contributed by atoms with van der Waals surface area (Å²) in [6, 6.07) is 0. The first kappa shape index (κ1) is 18.2. The second-order valence-electron chi connectivity index (χ2n) is 9.32. The van der Waals surface area contributed by atoms with Crippen LogP contribution < -0.4 is 0 Å². The van der Waals surface area contributed by atoms with Crippen LogP contribution in [0.15, 0.2) is 0 Å². The van der Waals surface area contributed by atoms with Gasteiger partial charge in [-0.3, -0.25) is 9.80 Å².